The summed E-state index contributed by atoms with van der Waals surface area (Å²) >= 11 is 3.46. The second-order valence-corrected chi connectivity index (χ2v) is 4.68. The minimum Gasteiger partial charge on any atom is -0.236 e. The summed E-state index contributed by atoms with van der Waals surface area (Å²) in [6.07, 6.45) is 3.46. The zero-order chi connectivity index (χ0) is 11.8. The summed E-state index contributed by atoms with van der Waals surface area (Å²) in [5.41, 5.74) is 1.87. The third-order valence-corrected chi connectivity index (χ3v) is 3.01. The first-order chi connectivity index (χ1) is 8.24. The number of nitrogens with zero attached hydrogens (tertiary/aromatic N) is 4. The zero-order valence-corrected chi connectivity index (χ0v) is 10.7. The maximum absolute atomic E-state index is 4.37. The van der Waals surface area contributed by atoms with Gasteiger partial charge in [0.2, 0.25) is 0 Å². The van der Waals surface area contributed by atoms with Gasteiger partial charge in [-0.25, -0.2) is 14.6 Å². The van der Waals surface area contributed by atoms with Crippen molar-refractivity contribution in [1.29, 1.82) is 0 Å². The van der Waals surface area contributed by atoms with E-state index in [1.54, 1.807) is 11.0 Å². The van der Waals surface area contributed by atoms with Gasteiger partial charge in [-0.05, 0) is 31.2 Å². The van der Waals surface area contributed by atoms with E-state index < -0.39 is 0 Å². The molecule has 0 unspecified atom stereocenters. The van der Waals surface area contributed by atoms with E-state index >= 15 is 0 Å². The summed E-state index contributed by atoms with van der Waals surface area (Å²) in [5, 5.41) is 5.35. The lowest BCUT2D eigenvalue weighted by molar-refractivity contribution is 0.836. The first-order valence-corrected chi connectivity index (χ1v) is 5.96. The molecule has 2 heterocycles. The van der Waals surface area contributed by atoms with Crippen LogP contribution < -0.4 is 0 Å². The Bertz CT molecular complexity index is 690. The predicted molar refractivity (Wildman–Crippen MR) is 69.1 cm³/mol. The highest BCUT2D eigenvalue weighted by Crippen LogP contribution is 2.22. The van der Waals surface area contributed by atoms with Gasteiger partial charge in [0.15, 0.2) is 5.82 Å². The van der Waals surface area contributed by atoms with Crippen molar-refractivity contribution in [2.45, 2.75) is 6.92 Å². The van der Waals surface area contributed by atoms with Gasteiger partial charge in [0, 0.05) is 16.1 Å². The summed E-state index contributed by atoms with van der Waals surface area (Å²) in [4.78, 5) is 8.54. The molecular weight excluding hydrogens is 280 g/mol. The SMILES string of the molecule is Cc1ccn(-c2ncnc3ccc(Br)cc23)n1. The number of hydrogen-bond donors (Lipinski definition) is 0. The number of rotatable bonds is 1. The third kappa shape index (κ3) is 1.82. The van der Waals surface area contributed by atoms with E-state index in [0.29, 0.717) is 0 Å². The van der Waals surface area contributed by atoms with Crippen LogP contribution in [0.1, 0.15) is 5.69 Å². The number of fused-ring (bicyclic) bond motifs is 1. The van der Waals surface area contributed by atoms with Gasteiger partial charge < -0.3 is 0 Å². The molecule has 3 aromatic rings. The average Bonchev–Trinajstić information content (AvgIpc) is 2.75. The first kappa shape index (κ1) is 10.4. The lowest BCUT2D eigenvalue weighted by Crippen LogP contribution is -2.00. The van der Waals surface area contributed by atoms with Crippen molar-refractivity contribution in [2.75, 3.05) is 0 Å². The molecule has 4 nitrogen and oxygen atoms in total. The molecule has 0 saturated carbocycles. The fourth-order valence-corrected chi connectivity index (χ4v) is 2.09. The van der Waals surface area contributed by atoms with E-state index in [4.69, 9.17) is 0 Å². The van der Waals surface area contributed by atoms with Crippen LogP contribution in [0, 0.1) is 6.92 Å². The van der Waals surface area contributed by atoms with Crippen molar-refractivity contribution in [1.82, 2.24) is 19.7 Å². The molecule has 5 heteroatoms. The molecule has 0 N–H and O–H groups in total. The summed E-state index contributed by atoms with van der Waals surface area (Å²) in [5.74, 6) is 0.796. The fourth-order valence-electron chi connectivity index (χ4n) is 1.73. The van der Waals surface area contributed by atoms with E-state index in [0.717, 1.165) is 26.9 Å². The lowest BCUT2D eigenvalue weighted by Gasteiger charge is -2.04. The van der Waals surface area contributed by atoms with E-state index in [9.17, 15) is 0 Å². The van der Waals surface area contributed by atoms with Crippen molar-refractivity contribution in [3.63, 3.8) is 0 Å². The summed E-state index contributed by atoms with van der Waals surface area (Å²) < 4.78 is 2.77. The van der Waals surface area contributed by atoms with Crippen LogP contribution in [0.2, 0.25) is 0 Å². The fraction of sp³-hybridized carbons (Fsp3) is 0.0833. The normalized spacial score (nSPS) is 10.9. The molecule has 0 aliphatic heterocycles. The number of benzene rings is 1. The highest BCUT2D eigenvalue weighted by atomic mass is 79.9. The standard InChI is InChI=1S/C12H9BrN4/c1-8-4-5-17(16-8)12-10-6-9(13)2-3-11(10)14-7-15-12/h2-7H,1H3. The van der Waals surface area contributed by atoms with Gasteiger partial charge >= 0.3 is 0 Å². The van der Waals surface area contributed by atoms with Gasteiger partial charge in [-0.2, -0.15) is 5.10 Å². The Morgan fingerprint density at radius 1 is 1.18 bits per heavy atom. The van der Waals surface area contributed by atoms with Gasteiger partial charge in [-0.1, -0.05) is 15.9 Å². The molecule has 0 bridgehead atoms. The van der Waals surface area contributed by atoms with Gasteiger partial charge in [0.25, 0.3) is 0 Å². The minimum absolute atomic E-state index is 0.796. The molecule has 0 aliphatic rings. The maximum Gasteiger partial charge on any atom is 0.164 e. The van der Waals surface area contributed by atoms with E-state index in [2.05, 4.69) is 31.0 Å². The van der Waals surface area contributed by atoms with Crippen LogP contribution in [0.15, 0.2) is 41.3 Å². The van der Waals surface area contributed by atoms with Crippen LogP contribution in [-0.2, 0) is 0 Å². The molecular formula is C12H9BrN4. The minimum atomic E-state index is 0.796. The van der Waals surface area contributed by atoms with Gasteiger partial charge in [-0.3, -0.25) is 0 Å². The van der Waals surface area contributed by atoms with Crippen LogP contribution in [-0.4, -0.2) is 19.7 Å². The molecule has 0 atom stereocenters. The van der Waals surface area contributed by atoms with Crippen LogP contribution >= 0.6 is 15.9 Å². The largest absolute Gasteiger partial charge is 0.236 e. The monoisotopic (exact) mass is 288 g/mol. The molecule has 3 rings (SSSR count). The van der Waals surface area contributed by atoms with Crippen LogP contribution in [0.25, 0.3) is 16.7 Å². The molecule has 0 saturated heterocycles. The van der Waals surface area contributed by atoms with Crippen molar-refractivity contribution in [2.24, 2.45) is 0 Å². The predicted octanol–water partition coefficient (Wildman–Crippen LogP) is 2.89. The van der Waals surface area contributed by atoms with Crippen molar-refractivity contribution >= 4 is 26.8 Å². The number of hydrogen-bond acceptors (Lipinski definition) is 3. The molecule has 0 aliphatic carbocycles. The Labute approximate surface area is 106 Å². The first-order valence-electron chi connectivity index (χ1n) is 5.17. The van der Waals surface area contributed by atoms with Gasteiger partial charge in [0.05, 0.1) is 11.2 Å². The Hall–Kier alpha value is -1.75. The summed E-state index contributed by atoms with van der Waals surface area (Å²) in [6, 6.07) is 7.88. The average molecular weight is 289 g/mol. The second kappa shape index (κ2) is 3.92. The van der Waals surface area contributed by atoms with Crippen molar-refractivity contribution in [3.05, 3.63) is 47.0 Å². The number of halogens is 1. The number of aromatic nitrogens is 4. The van der Waals surface area contributed by atoms with Gasteiger partial charge in [-0.15, -0.1) is 0 Å². The smallest absolute Gasteiger partial charge is 0.164 e. The zero-order valence-electron chi connectivity index (χ0n) is 9.13. The van der Waals surface area contributed by atoms with Gasteiger partial charge in [0.1, 0.15) is 6.33 Å². The topological polar surface area (TPSA) is 43.6 Å². The van der Waals surface area contributed by atoms with E-state index in [1.165, 1.54) is 0 Å². The molecule has 0 fully saturated rings. The highest BCUT2D eigenvalue weighted by Gasteiger charge is 2.06. The highest BCUT2D eigenvalue weighted by molar-refractivity contribution is 9.10. The van der Waals surface area contributed by atoms with E-state index in [-0.39, 0.29) is 0 Å². The molecule has 0 spiro atoms. The van der Waals surface area contributed by atoms with Crippen molar-refractivity contribution in [3.8, 4) is 5.82 Å². The third-order valence-electron chi connectivity index (χ3n) is 2.52. The van der Waals surface area contributed by atoms with Crippen LogP contribution in [0.4, 0.5) is 0 Å². The Kier molecular flexibility index (Phi) is 2.40. The molecule has 84 valence electrons. The second-order valence-electron chi connectivity index (χ2n) is 3.76. The van der Waals surface area contributed by atoms with Crippen LogP contribution in [0.3, 0.4) is 0 Å². The number of aryl methyl sites for hydroxylation is 1. The molecule has 0 radical (unpaired) electrons. The molecule has 1 aromatic carbocycles. The quantitative estimate of drug-likeness (QED) is 0.692. The molecule has 17 heavy (non-hydrogen) atoms. The van der Waals surface area contributed by atoms with Crippen molar-refractivity contribution < 1.29 is 0 Å². The lowest BCUT2D eigenvalue weighted by atomic mass is 10.2. The summed E-state index contributed by atoms with van der Waals surface area (Å²) in [6.45, 7) is 1.95. The molecule has 2 aromatic heterocycles. The Balaban J connectivity index is 2.32. The van der Waals surface area contributed by atoms with E-state index in [1.807, 2.05) is 37.4 Å². The Morgan fingerprint density at radius 3 is 2.82 bits per heavy atom. The maximum atomic E-state index is 4.37. The molecule has 0 amide bonds. The summed E-state index contributed by atoms with van der Waals surface area (Å²) in [7, 11) is 0. The van der Waals surface area contributed by atoms with Crippen LogP contribution in [0.5, 0.6) is 0 Å². The Morgan fingerprint density at radius 2 is 2.06 bits per heavy atom.